The van der Waals surface area contributed by atoms with Gasteiger partial charge in [-0.15, -0.1) is 0 Å². The van der Waals surface area contributed by atoms with Gasteiger partial charge in [0.2, 0.25) is 0 Å². The largest absolute Gasteiger partial charge is 0.398 e. The van der Waals surface area contributed by atoms with E-state index in [1.54, 1.807) is 0 Å². The van der Waals surface area contributed by atoms with Crippen LogP contribution >= 0.6 is 11.6 Å². The van der Waals surface area contributed by atoms with E-state index in [-0.39, 0.29) is 0 Å². The second-order valence-electron chi connectivity index (χ2n) is 5.09. The van der Waals surface area contributed by atoms with E-state index in [1.807, 2.05) is 19.1 Å². The molecule has 0 aliphatic rings. The first-order valence-electron chi connectivity index (χ1n) is 6.40. The van der Waals surface area contributed by atoms with Crippen molar-refractivity contribution in [3.8, 4) is 0 Å². The molecule has 0 heterocycles. The lowest BCUT2D eigenvalue weighted by Gasteiger charge is -2.13. The van der Waals surface area contributed by atoms with Crippen molar-refractivity contribution < 1.29 is 0 Å². The van der Waals surface area contributed by atoms with Crippen LogP contribution < -0.4 is 11.1 Å². The van der Waals surface area contributed by atoms with Crippen LogP contribution in [0, 0.1) is 6.92 Å². The van der Waals surface area contributed by atoms with Crippen LogP contribution in [0.15, 0.2) is 36.4 Å². The molecule has 0 unspecified atom stereocenters. The molecule has 3 heteroatoms. The molecule has 0 saturated carbocycles. The summed E-state index contributed by atoms with van der Waals surface area (Å²) in [6.07, 6.45) is 0. The van der Waals surface area contributed by atoms with Gasteiger partial charge in [-0.3, -0.25) is 0 Å². The maximum Gasteiger partial charge on any atom is 0.0656 e. The second kappa shape index (κ2) is 5.54. The molecule has 2 rings (SSSR count). The van der Waals surface area contributed by atoms with Crippen molar-refractivity contribution in [3.05, 3.63) is 52.5 Å². The van der Waals surface area contributed by atoms with Crippen LogP contribution in [-0.2, 0) is 0 Å². The molecule has 0 fully saturated rings. The van der Waals surface area contributed by atoms with Gasteiger partial charge in [0.15, 0.2) is 0 Å². The van der Waals surface area contributed by atoms with Gasteiger partial charge >= 0.3 is 0 Å². The molecule has 2 aromatic carbocycles. The van der Waals surface area contributed by atoms with Crippen molar-refractivity contribution in [2.75, 3.05) is 11.1 Å². The van der Waals surface area contributed by atoms with Gasteiger partial charge in [-0.05, 0) is 48.2 Å². The summed E-state index contributed by atoms with van der Waals surface area (Å²) in [6, 6.07) is 12.2. The van der Waals surface area contributed by atoms with Crippen LogP contribution in [-0.4, -0.2) is 0 Å². The van der Waals surface area contributed by atoms with E-state index in [0.29, 0.717) is 16.6 Å². The minimum atomic E-state index is 0.512. The molecule has 0 aliphatic carbocycles. The van der Waals surface area contributed by atoms with Crippen LogP contribution in [0.3, 0.4) is 0 Å². The number of nitrogens with one attached hydrogen (secondary N) is 1. The number of rotatable bonds is 3. The van der Waals surface area contributed by atoms with E-state index < -0.39 is 0 Å². The summed E-state index contributed by atoms with van der Waals surface area (Å²) in [5.74, 6) is 0.512. The molecular formula is C16H19ClN2. The number of nitrogens with two attached hydrogens (primary N) is 1. The summed E-state index contributed by atoms with van der Waals surface area (Å²) in [4.78, 5) is 0. The highest BCUT2D eigenvalue weighted by Crippen LogP contribution is 2.29. The molecule has 2 aromatic rings. The number of nitrogen functional groups attached to an aromatic ring is 1. The average Bonchev–Trinajstić information content (AvgIpc) is 2.36. The van der Waals surface area contributed by atoms with E-state index in [1.165, 1.54) is 5.56 Å². The van der Waals surface area contributed by atoms with E-state index in [2.05, 4.69) is 43.4 Å². The summed E-state index contributed by atoms with van der Waals surface area (Å²) in [6.45, 7) is 6.39. The Morgan fingerprint density at radius 2 is 1.89 bits per heavy atom. The van der Waals surface area contributed by atoms with Gasteiger partial charge in [-0.25, -0.2) is 0 Å². The molecule has 0 spiro atoms. The highest BCUT2D eigenvalue weighted by atomic mass is 35.5. The Balaban J connectivity index is 2.31. The van der Waals surface area contributed by atoms with Crippen LogP contribution in [0.5, 0.6) is 0 Å². The lowest BCUT2D eigenvalue weighted by atomic mass is 10.0. The van der Waals surface area contributed by atoms with Gasteiger partial charge < -0.3 is 11.1 Å². The number of hydrogen-bond acceptors (Lipinski definition) is 2. The molecule has 0 atom stereocenters. The highest BCUT2D eigenvalue weighted by Gasteiger charge is 2.05. The van der Waals surface area contributed by atoms with Gasteiger partial charge in [0.1, 0.15) is 0 Å². The molecule has 0 bridgehead atoms. The SMILES string of the molecule is Cc1cc(N)c(Cl)cc1Nc1cccc(C(C)C)c1. The van der Waals surface area contributed by atoms with Gasteiger partial charge in [-0.2, -0.15) is 0 Å². The van der Waals surface area contributed by atoms with Crippen molar-refractivity contribution in [1.29, 1.82) is 0 Å². The van der Waals surface area contributed by atoms with Gasteiger partial charge in [-0.1, -0.05) is 37.6 Å². The fraction of sp³-hybridized carbons (Fsp3) is 0.250. The number of anilines is 3. The lowest BCUT2D eigenvalue weighted by Crippen LogP contribution is -1.97. The summed E-state index contributed by atoms with van der Waals surface area (Å²) < 4.78 is 0. The third-order valence-electron chi connectivity index (χ3n) is 3.18. The van der Waals surface area contributed by atoms with Crippen LogP contribution in [0.2, 0.25) is 5.02 Å². The molecule has 19 heavy (non-hydrogen) atoms. The first kappa shape index (κ1) is 13.8. The molecule has 0 saturated heterocycles. The zero-order valence-electron chi connectivity index (χ0n) is 11.5. The van der Waals surface area contributed by atoms with Crippen molar-refractivity contribution in [2.45, 2.75) is 26.7 Å². The van der Waals surface area contributed by atoms with Crippen LogP contribution in [0.1, 0.15) is 30.9 Å². The Kier molecular flexibility index (Phi) is 4.01. The lowest BCUT2D eigenvalue weighted by molar-refractivity contribution is 0.867. The number of benzene rings is 2. The predicted octanol–water partition coefficient (Wildman–Crippen LogP) is 5.10. The van der Waals surface area contributed by atoms with Crippen LogP contribution in [0.4, 0.5) is 17.1 Å². The van der Waals surface area contributed by atoms with Gasteiger partial charge in [0, 0.05) is 11.4 Å². The minimum Gasteiger partial charge on any atom is -0.398 e. The monoisotopic (exact) mass is 274 g/mol. The Labute approximate surface area is 119 Å². The summed E-state index contributed by atoms with van der Waals surface area (Å²) in [5.41, 5.74) is 10.8. The van der Waals surface area contributed by atoms with Gasteiger partial charge in [0.05, 0.1) is 10.7 Å². The molecule has 0 aliphatic heterocycles. The van der Waals surface area contributed by atoms with Crippen LogP contribution in [0.25, 0.3) is 0 Å². The van der Waals surface area contributed by atoms with E-state index in [0.717, 1.165) is 16.9 Å². The number of aryl methyl sites for hydroxylation is 1. The first-order valence-corrected chi connectivity index (χ1v) is 6.78. The first-order chi connectivity index (χ1) is 8.97. The third kappa shape index (κ3) is 3.21. The van der Waals surface area contributed by atoms with Crippen molar-refractivity contribution in [1.82, 2.24) is 0 Å². The van der Waals surface area contributed by atoms with Crippen molar-refractivity contribution in [3.63, 3.8) is 0 Å². The van der Waals surface area contributed by atoms with Crippen molar-refractivity contribution in [2.24, 2.45) is 0 Å². The fourth-order valence-corrected chi connectivity index (χ4v) is 2.13. The molecule has 100 valence electrons. The molecule has 2 nitrogen and oxygen atoms in total. The quantitative estimate of drug-likeness (QED) is 0.765. The summed E-state index contributed by atoms with van der Waals surface area (Å²) >= 11 is 6.07. The van der Waals surface area contributed by atoms with Crippen molar-refractivity contribution >= 4 is 28.7 Å². The number of hydrogen-bond donors (Lipinski definition) is 2. The maximum atomic E-state index is 6.07. The molecule has 0 radical (unpaired) electrons. The zero-order chi connectivity index (χ0) is 14.0. The Bertz CT molecular complexity index is 591. The minimum absolute atomic E-state index is 0.512. The topological polar surface area (TPSA) is 38.0 Å². The Morgan fingerprint density at radius 1 is 1.16 bits per heavy atom. The summed E-state index contributed by atoms with van der Waals surface area (Å²) in [5, 5.41) is 3.97. The standard InChI is InChI=1S/C16H19ClN2/c1-10(2)12-5-4-6-13(8-12)19-16-9-14(17)15(18)7-11(16)3/h4-10,19H,18H2,1-3H3. The van der Waals surface area contributed by atoms with E-state index >= 15 is 0 Å². The van der Waals surface area contributed by atoms with Gasteiger partial charge in [0.25, 0.3) is 0 Å². The van der Waals surface area contributed by atoms with E-state index in [4.69, 9.17) is 17.3 Å². The predicted molar refractivity (Wildman–Crippen MR) is 84.4 cm³/mol. The smallest absolute Gasteiger partial charge is 0.0656 e. The molecule has 0 aromatic heterocycles. The Morgan fingerprint density at radius 3 is 2.58 bits per heavy atom. The summed E-state index contributed by atoms with van der Waals surface area (Å²) in [7, 11) is 0. The highest BCUT2D eigenvalue weighted by molar-refractivity contribution is 6.33. The molecule has 3 N–H and O–H groups in total. The second-order valence-corrected chi connectivity index (χ2v) is 5.50. The molecular weight excluding hydrogens is 256 g/mol. The Hall–Kier alpha value is -1.67. The number of halogens is 1. The third-order valence-corrected chi connectivity index (χ3v) is 3.50. The molecule has 0 amide bonds. The zero-order valence-corrected chi connectivity index (χ0v) is 12.3. The average molecular weight is 275 g/mol. The van der Waals surface area contributed by atoms with E-state index in [9.17, 15) is 0 Å². The fourth-order valence-electron chi connectivity index (χ4n) is 1.97. The normalized spacial score (nSPS) is 10.8. The maximum absolute atomic E-state index is 6.07.